The van der Waals surface area contributed by atoms with Gasteiger partial charge < -0.3 is 15.4 Å². The van der Waals surface area contributed by atoms with Crippen molar-refractivity contribution >= 4 is 40.5 Å². The number of carbonyl (C=O) groups excluding carboxylic acids is 1. The third kappa shape index (κ3) is 4.66. The molecule has 0 saturated heterocycles. The predicted molar refractivity (Wildman–Crippen MR) is 95.4 cm³/mol. The van der Waals surface area contributed by atoms with Gasteiger partial charge >= 0.3 is 0 Å². The number of nitriles is 1. The first-order chi connectivity index (χ1) is 11.5. The van der Waals surface area contributed by atoms with Crippen molar-refractivity contribution in [2.45, 2.75) is 0 Å². The number of methoxy groups -OCH3 is 1. The van der Waals surface area contributed by atoms with Gasteiger partial charge in [-0.15, -0.1) is 0 Å². The van der Waals surface area contributed by atoms with Crippen LogP contribution in [0.3, 0.4) is 0 Å². The molecule has 0 unspecified atom stereocenters. The molecule has 2 rings (SSSR count). The number of nitrogens with one attached hydrogen (secondary N) is 2. The number of halogens is 2. The zero-order chi connectivity index (χ0) is 17.5. The highest BCUT2D eigenvalue weighted by atomic mass is 35.5. The predicted octanol–water partition coefficient (Wildman–Crippen LogP) is 4.46. The highest BCUT2D eigenvalue weighted by Gasteiger charge is 2.09. The summed E-state index contributed by atoms with van der Waals surface area (Å²) in [6.07, 6.45) is 1.30. The molecule has 0 aliphatic rings. The van der Waals surface area contributed by atoms with Gasteiger partial charge in [0.2, 0.25) is 0 Å². The van der Waals surface area contributed by atoms with Crippen molar-refractivity contribution in [1.29, 1.82) is 5.26 Å². The van der Waals surface area contributed by atoms with E-state index < -0.39 is 5.91 Å². The number of ether oxygens (including phenoxy) is 1. The highest BCUT2D eigenvalue weighted by molar-refractivity contribution is 6.42. The summed E-state index contributed by atoms with van der Waals surface area (Å²) < 4.78 is 5.04. The SMILES string of the molecule is COc1ccc(NC(=O)/C(C#N)=C\Nc2ccc(Cl)c(Cl)c2)cc1. The monoisotopic (exact) mass is 361 g/mol. The summed E-state index contributed by atoms with van der Waals surface area (Å²) in [7, 11) is 1.55. The van der Waals surface area contributed by atoms with E-state index in [-0.39, 0.29) is 5.57 Å². The van der Waals surface area contributed by atoms with E-state index >= 15 is 0 Å². The maximum Gasteiger partial charge on any atom is 0.267 e. The van der Waals surface area contributed by atoms with Gasteiger partial charge in [0, 0.05) is 17.6 Å². The molecule has 2 aromatic carbocycles. The Hall–Kier alpha value is -2.68. The van der Waals surface area contributed by atoms with E-state index in [1.54, 1.807) is 49.6 Å². The molecule has 0 saturated carbocycles. The summed E-state index contributed by atoms with van der Waals surface area (Å²) >= 11 is 11.7. The zero-order valence-electron chi connectivity index (χ0n) is 12.6. The van der Waals surface area contributed by atoms with E-state index in [2.05, 4.69) is 10.6 Å². The summed E-state index contributed by atoms with van der Waals surface area (Å²) in [5.74, 6) is 0.139. The minimum Gasteiger partial charge on any atom is -0.497 e. The quantitative estimate of drug-likeness (QED) is 0.608. The first-order valence-corrected chi connectivity index (χ1v) is 7.56. The molecular weight excluding hydrogens is 349 g/mol. The molecule has 0 radical (unpaired) electrons. The molecule has 0 bridgehead atoms. The van der Waals surface area contributed by atoms with E-state index in [1.165, 1.54) is 6.20 Å². The maximum atomic E-state index is 12.1. The number of carbonyl (C=O) groups is 1. The summed E-state index contributed by atoms with van der Waals surface area (Å²) in [5.41, 5.74) is 1.07. The second kappa shape index (κ2) is 8.25. The average Bonchev–Trinajstić information content (AvgIpc) is 2.59. The highest BCUT2D eigenvalue weighted by Crippen LogP contribution is 2.25. The van der Waals surface area contributed by atoms with Crippen LogP contribution >= 0.6 is 23.2 Å². The Labute approximate surface area is 149 Å². The first-order valence-electron chi connectivity index (χ1n) is 6.80. The van der Waals surface area contributed by atoms with Crippen molar-refractivity contribution in [2.75, 3.05) is 17.7 Å². The Morgan fingerprint density at radius 2 is 1.79 bits per heavy atom. The van der Waals surface area contributed by atoms with Crippen LogP contribution in [0.2, 0.25) is 10.0 Å². The van der Waals surface area contributed by atoms with Crippen LogP contribution in [0.15, 0.2) is 54.2 Å². The normalized spacial score (nSPS) is 10.7. The van der Waals surface area contributed by atoms with Crippen LogP contribution in [0.5, 0.6) is 5.75 Å². The molecule has 122 valence electrons. The molecule has 0 fully saturated rings. The smallest absolute Gasteiger partial charge is 0.267 e. The Kier molecular flexibility index (Phi) is 6.07. The van der Waals surface area contributed by atoms with Crippen molar-refractivity contribution in [2.24, 2.45) is 0 Å². The fraction of sp³-hybridized carbons (Fsp3) is 0.0588. The number of rotatable bonds is 5. The van der Waals surface area contributed by atoms with Crippen LogP contribution < -0.4 is 15.4 Å². The van der Waals surface area contributed by atoms with Gasteiger partial charge in [-0.2, -0.15) is 5.26 Å². The molecule has 7 heteroatoms. The summed E-state index contributed by atoms with van der Waals surface area (Å²) in [6, 6.07) is 13.5. The van der Waals surface area contributed by atoms with Crippen LogP contribution in [0.25, 0.3) is 0 Å². The van der Waals surface area contributed by atoms with E-state index in [9.17, 15) is 4.79 Å². The van der Waals surface area contributed by atoms with Crippen LogP contribution in [0.4, 0.5) is 11.4 Å². The van der Waals surface area contributed by atoms with Crippen LogP contribution in [-0.4, -0.2) is 13.0 Å². The van der Waals surface area contributed by atoms with Gasteiger partial charge in [0.25, 0.3) is 5.91 Å². The summed E-state index contributed by atoms with van der Waals surface area (Å²) in [4.78, 5) is 12.1. The minimum absolute atomic E-state index is 0.0862. The van der Waals surface area contributed by atoms with E-state index in [0.29, 0.717) is 27.2 Å². The van der Waals surface area contributed by atoms with Crippen molar-refractivity contribution in [1.82, 2.24) is 0 Å². The van der Waals surface area contributed by atoms with Crippen LogP contribution in [-0.2, 0) is 4.79 Å². The zero-order valence-corrected chi connectivity index (χ0v) is 14.2. The van der Waals surface area contributed by atoms with Crippen LogP contribution in [0, 0.1) is 11.3 Å². The Morgan fingerprint density at radius 1 is 1.12 bits per heavy atom. The van der Waals surface area contributed by atoms with Gasteiger partial charge in [0.15, 0.2) is 0 Å². The second-order valence-corrected chi connectivity index (χ2v) is 5.44. The van der Waals surface area contributed by atoms with Gasteiger partial charge in [-0.3, -0.25) is 4.79 Å². The lowest BCUT2D eigenvalue weighted by Gasteiger charge is -2.06. The van der Waals surface area contributed by atoms with Gasteiger partial charge in [-0.1, -0.05) is 23.2 Å². The molecule has 5 nitrogen and oxygen atoms in total. The third-order valence-corrected chi connectivity index (χ3v) is 3.75. The van der Waals surface area contributed by atoms with Crippen LogP contribution in [0.1, 0.15) is 0 Å². The molecular formula is C17H13Cl2N3O2. The number of nitrogens with zero attached hydrogens (tertiary/aromatic N) is 1. The lowest BCUT2D eigenvalue weighted by atomic mass is 10.2. The largest absolute Gasteiger partial charge is 0.497 e. The van der Waals surface area contributed by atoms with Gasteiger partial charge in [0.1, 0.15) is 17.4 Å². The second-order valence-electron chi connectivity index (χ2n) is 4.63. The first kappa shape index (κ1) is 17.7. The third-order valence-electron chi connectivity index (χ3n) is 3.02. The fourth-order valence-electron chi connectivity index (χ4n) is 1.76. The minimum atomic E-state index is -0.532. The molecule has 0 aliphatic heterocycles. The standard InChI is InChI=1S/C17H13Cl2N3O2/c1-24-14-5-2-12(3-6-14)22-17(23)11(9-20)10-21-13-4-7-15(18)16(19)8-13/h2-8,10,21H,1H3,(H,22,23)/b11-10-. The number of benzene rings is 2. The molecule has 0 heterocycles. The molecule has 24 heavy (non-hydrogen) atoms. The molecule has 0 aromatic heterocycles. The molecule has 2 N–H and O–H groups in total. The summed E-state index contributed by atoms with van der Waals surface area (Å²) in [5, 5.41) is 15.4. The van der Waals surface area contributed by atoms with Gasteiger partial charge in [-0.05, 0) is 42.5 Å². The van der Waals surface area contributed by atoms with E-state index in [4.69, 9.17) is 33.2 Å². The van der Waals surface area contributed by atoms with E-state index in [0.717, 1.165) is 0 Å². The Morgan fingerprint density at radius 3 is 2.38 bits per heavy atom. The lowest BCUT2D eigenvalue weighted by molar-refractivity contribution is -0.112. The maximum absolute atomic E-state index is 12.1. The molecule has 0 atom stereocenters. The van der Waals surface area contributed by atoms with E-state index in [1.807, 2.05) is 6.07 Å². The number of anilines is 2. The summed E-state index contributed by atoms with van der Waals surface area (Å²) in [6.45, 7) is 0. The molecule has 0 spiro atoms. The van der Waals surface area contributed by atoms with Crippen molar-refractivity contribution in [3.63, 3.8) is 0 Å². The number of amides is 1. The molecule has 0 aliphatic carbocycles. The number of hydrogen-bond donors (Lipinski definition) is 2. The van der Waals surface area contributed by atoms with Crippen molar-refractivity contribution in [3.8, 4) is 11.8 Å². The Balaban J connectivity index is 2.07. The lowest BCUT2D eigenvalue weighted by Crippen LogP contribution is -2.14. The average molecular weight is 362 g/mol. The molecule has 1 amide bonds. The topological polar surface area (TPSA) is 74.1 Å². The van der Waals surface area contributed by atoms with Gasteiger partial charge in [-0.25, -0.2) is 0 Å². The van der Waals surface area contributed by atoms with Crippen molar-refractivity contribution in [3.05, 3.63) is 64.3 Å². The fourth-order valence-corrected chi connectivity index (χ4v) is 2.06. The molecule has 2 aromatic rings. The number of hydrogen-bond acceptors (Lipinski definition) is 4. The van der Waals surface area contributed by atoms with Gasteiger partial charge in [0.05, 0.1) is 17.2 Å². The Bertz CT molecular complexity index is 812. The van der Waals surface area contributed by atoms with Crippen molar-refractivity contribution < 1.29 is 9.53 Å².